The molecule has 0 amide bonds. The highest BCUT2D eigenvalue weighted by atomic mass is 79.9. The van der Waals surface area contributed by atoms with Crippen LogP contribution in [0.2, 0.25) is 0 Å². The van der Waals surface area contributed by atoms with E-state index in [9.17, 15) is 9.90 Å². The van der Waals surface area contributed by atoms with Gasteiger partial charge in [-0.2, -0.15) is 0 Å². The van der Waals surface area contributed by atoms with Crippen molar-refractivity contribution in [1.82, 2.24) is 0 Å². The summed E-state index contributed by atoms with van der Waals surface area (Å²) >= 11 is 3.42. The summed E-state index contributed by atoms with van der Waals surface area (Å²) < 4.78 is 6.77. The molecule has 0 atom stereocenters. The Hall–Kier alpha value is -1.03. The molecule has 0 heterocycles. The molecule has 3 rings (SSSR count). The summed E-state index contributed by atoms with van der Waals surface area (Å²) in [5.41, 5.74) is 0.107. The lowest BCUT2D eigenvalue weighted by molar-refractivity contribution is -0.147. The Morgan fingerprint density at radius 2 is 2.11 bits per heavy atom. The first-order chi connectivity index (χ1) is 8.62. The molecular formula is C14H15BrO3. The van der Waals surface area contributed by atoms with Crippen LogP contribution in [0.4, 0.5) is 0 Å². The molecule has 3 nitrogen and oxygen atoms in total. The maximum atomic E-state index is 11.6. The van der Waals surface area contributed by atoms with Crippen molar-refractivity contribution in [2.45, 2.75) is 43.6 Å². The molecule has 96 valence electrons. The molecule has 4 heteroatoms. The minimum absolute atomic E-state index is 0.288. The summed E-state index contributed by atoms with van der Waals surface area (Å²) in [5.74, 6) is 0.0234. The van der Waals surface area contributed by atoms with Gasteiger partial charge in [-0.15, -0.1) is 0 Å². The van der Waals surface area contributed by atoms with Crippen LogP contribution in [0.15, 0.2) is 22.7 Å². The highest BCUT2D eigenvalue weighted by molar-refractivity contribution is 9.10. The van der Waals surface area contributed by atoms with Crippen LogP contribution in [0.25, 0.3) is 0 Å². The number of carbonyl (C=O) groups is 1. The van der Waals surface area contributed by atoms with Crippen molar-refractivity contribution in [2.75, 3.05) is 0 Å². The molecule has 0 saturated heterocycles. The van der Waals surface area contributed by atoms with E-state index in [0.29, 0.717) is 12.8 Å². The second kappa shape index (κ2) is 4.26. The van der Waals surface area contributed by atoms with Crippen molar-refractivity contribution in [3.8, 4) is 5.75 Å². The Balaban J connectivity index is 2.02. The van der Waals surface area contributed by atoms with Gasteiger partial charge in [0.2, 0.25) is 0 Å². The monoisotopic (exact) mass is 310 g/mol. The minimum Gasteiger partial charge on any atom is -0.490 e. The standard InChI is InChI=1S/C14H15BrO3/c15-9-2-5-12(18-10-3-4-10)11(8-9)14(13(16)17)6-1-7-14/h2,5,8,10H,1,3-4,6-7H2,(H,16,17). The van der Waals surface area contributed by atoms with Gasteiger partial charge in [-0.1, -0.05) is 22.4 Å². The molecule has 2 fully saturated rings. The minimum atomic E-state index is -0.729. The molecule has 1 N–H and O–H groups in total. The predicted octanol–water partition coefficient (Wildman–Crippen LogP) is 3.50. The molecular weight excluding hydrogens is 296 g/mol. The van der Waals surface area contributed by atoms with Crippen molar-refractivity contribution in [3.05, 3.63) is 28.2 Å². The zero-order chi connectivity index (χ0) is 12.8. The average molecular weight is 311 g/mol. The molecule has 2 aliphatic rings. The topological polar surface area (TPSA) is 46.5 Å². The van der Waals surface area contributed by atoms with Crippen LogP contribution in [-0.2, 0) is 10.2 Å². The summed E-state index contributed by atoms with van der Waals surface area (Å²) in [6.07, 6.45) is 4.84. The summed E-state index contributed by atoms with van der Waals surface area (Å²) in [7, 11) is 0. The van der Waals surface area contributed by atoms with E-state index in [1.165, 1.54) is 0 Å². The van der Waals surface area contributed by atoms with Crippen LogP contribution in [0.1, 0.15) is 37.7 Å². The third-order valence-corrected chi connectivity index (χ3v) is 4.38. The predicted molar refractivity (Wildman–Crippen MR) is 71.0 cm³/mol. The van der Waals surface area contributed by atoms with Crippen LogP contribution >= 0.6 is 15.9 Å². The van der Waals surface area contributed by atoms with Crippen molar-refractivity contribution in [3.63, 3.8) is 0 Å². The number of ether oxygens (including phenoxy) is 1. The van der Waals surface area contributed by atoms with Crippen molar-refractivity contribution >= 4 is 21.9 Å². The quantitative estimate of drug-likeness (QED) is 0.926. The molecule has 0 aliphatic heterocycles. The van der Waals surface area contributed by atoms with E-state index in [-0.39, 0.29) is 6.10 Å². The molecule has 0 aromatic heterocycles. The number of carboxylic acid groups (broad SMARTS) is 1. The largest absolute Gasteiger partial charge is 0.490 e. The first-order valence-corrected chi connectivity index (χ1v) is 7.11. The first kappa shape index (κ1) is 12.0. The van der Waals surface area contributed by atoms with E-state index in [4.69, 9.17) is 4.74 Å². The van der Waals surface area contributed by atoms with Gasteiger partial charge in [-0.3, -0.25) is 4.79 Å². The lowest BCUT2D eigenvalue weighted by Gasteiger charge is -2.39. The number of benzene rings is 1. The summed E-state index contributed by atoms with van der Waals surface area (Å²) in [5, 5.41) is 9.53. The Bertz CT molecular complexity index is 490. The molecule has 1 aromatic carbocycles. The average Bonchev–Trinajstić information content (AvgIpc) is 3.03. The van der Waals surface area contributed by atoms with E-state index in [1.54, 1.807) is 0 Å². The van der Waals surface area contributed by atoms with Gasteiger partial charge in [-0.05, 0) is 43.9 Å². The Kier molecular flexibility index (Phi) is 2.85. The van der Waals surface area contributed by atoms with Gasteiger partial charge in [0.25, 0.3) is 0 Å². The molecule has 0 unspecified atom stereocenters. The summed E-state index contributed by atoms with van der Waals surface area (Å²) in [6.45, 7) is 0. The molecule has 2 aliphatic carbocycles. The van der Waals surface area contributed by atoms with Crippen LogP contribution in [0.3, 0.4) is 0 Å². The van der Waals surface area contributed by atoms with Crippen LogP contribution in [0, 0.1) is 0 Å². The number of hydrogen-bond donors (Lipinski definition) is 1. The number of halogens is 1. The number of carboxylic acids is 1. The van der Waals surface area contributed by atoms with E-state index < -0.39 is 11.4 Å². The number of aliphatic carboxylic acids is 1. The van der Waals surface area contributed by atoms with Crippen molar-refractivity contribution in [1.29, 1.82) is 0 Å². The fraction of sp³-hybridized carbons (Fsp3) is 0.500. The van der Waals surface area contributed by atoms with Gasteiger partial charge in [0.15, 0.2) is 0 Å². The third-order valence-electron chi connectivity index (χ3n) is 3.89. The van der Waals surface area contributed by atoms with Gasteiger partial charge >= 0.3 is 5.97 Å². The highest BCUT2D eigenvalue weighted by Gasteiger charge is 2.48. The fourth-order valence-electron chi connectivity index (χ4n) is 2.47. The van der Waals surface area contributed by atoms with E-state index in [1.807, 2.05) is 18.2 Å². The zero-order valence-corrected chi connectivity index (χ0v) is 11.6. The second-order valence-electron chi connectivity index (χ2n) is 5.20. The van der Waals surface area contributed by atoms with Crippen molar-refractivity contribution in [2.24, 2.45) is 0 Å². The Labute approximate surface area is 114 Å². The molecule has 0 radical (unpaired) electrons. The first-order valence-electron chi connectivity index (χ1n) is 6.32. The molecule has 0 bridgehead atoms. The smallest absolute Gasteiger partial charge is 0.314 e. The maximum Gasteiger partial charge on any atom is 0.314 e. The molecule has 0 spiro atoms. The summed E-state index contributed by atoms with van der Waals surface area (Å²) in [6, 6.07) is 5.71. The van der Waals surface area contributed by atoms with E-state index in [0.717, 1.165) is 35.0 Å². The lowest BCUT2D eigenvalue weighted by Crippen LogP contribution is -2.42. The molecule has 18 heavy (non-hydrogen) atoms. The molecule has 1 aromatic rings. The van der Waals surface area contributed by atoms with Gasteiger partial charge in [0, 0.05) is 10.0 Å². The fourth-order valence-corrected chi connectivity index (χ4v) is 2.83. The van der Waals surface area contributed by atoms with Gasteiger partial charge < -0.3 is 9.84 Å². The number of hydrogen-bond acceptors (Lipinski definition) is 2. The highest BCUT2D eigenvalue weighted by Crippen LogP contribution is 2.48. The molecule has 2 saturated carbocycles. The SMILES string of the molecule is O=C(O)C1(c2cc(Br)ccc2OC2CC2)CCC1. The van der Waals surface area contributed by atoms with Gasteiger partial charge in [0.1, 0.15) is 5.75 Å². The third kappa shape index (κ3) is 1.92. The van der Waals surface area contributed by atoms with Crippen LogP contribution in [0.5, 0.6) is 5.75 Å². The van der Waals surface area contributed by atoms with Crippen LogP contribution in [-0.4, -0.2) is 17.2 Å². The van der Waals surface area contributed by atoms with Gasteiger partial charge in [-0.25, -0.2) is 0 Å². The number of rotatable bonds is 4. The van der Waals surface area contributed by atoms with Gasteiger partial charge in [0.05, 0.1) is 11.5 Å². The van der Waals surface area contributed by atoms with Crippen molar-refractivity contribution < 1.29 is 14.6 Å². The lowest BCUT2D eigenvalue weighted by atomic mass is 9.64. The Morgan fingerprint density at radius 1 is 1.39 bits per heavy atom. The summed E-state index contributed by atoms with van der Waals surface area (Å²) in [4.78, 5) is 11.6. The van der Waals surface area contributed by atoms with E-state index >= 15 is 0 Å². The zero-order valence-electron chi connectivity index (χ0n) is 9.99. The Morgan fingerprint density at radius 3 is 2.61 bits per heavy atom. The normalized spacial score (nSPS) is 21.2. The maximum absolute atomic E-state index is 11.6. The van der Waals surface area contributed by atoms with E-state index in [2.05, 4.69) is 15.9 Å². The second-order valence-corrected chi connectivity index (χ2v) is 6.11. The van der Waals surface area contributed by atoms with Crippen LogP contribution < -0.4 is 4.74 Å².